The zero-order valence-corrected chi connectivity index (χ0v) is 15.1. The molecule has 4 heteroatoms. The summed E-state index contributed by atoms with van der Waals surface area (Å²) in [5.74, 6) is -0.553. The second kappa shape index (κ2) is 9.40. The molecule has 27 heavy (non-hydrogen) atoms. The molecule has 0 heterocycles. The number of rotatable bonds is 8. The van der Waals surface area contributed by atoms with Crippen LogP contribution in [0.2, 0.25) is 0 Å². The summed E-state index contributed by atoms with van der Waals surface area (Å²) in [6, 6.07) is 22.7. The number of nitrogens with zero attached hydrogens (tertiary/aromatic N) is 1. The Bertz CT molecular complexity index is 837. The van der Waals surface area contributed by atoms with Crippen LogP contribution >= 0.6 is 0 Å². The third kappa shape index (κ3) is 5.98. The fourth-order valence-electron chi connectivity index (χ4n) is 3.15. The highest BCUT2D eigenvalue weighted by Crippen LogP contribution is 2.15. The average molecular weight is 367 g/mol. The molecule has 140 valence electrons. The summed E-state index contributed by atoms with van der Waals surface area (Å²) in [5, 5.41) is 10.5. The number of hydrogen-bond acceptors (Lipinski definition) is 2. The summed E-state index contributed by atoms with van der Waals surface area (Å²) in [7, 11) is 0. The van der Waals surface area contributed by atoms with E-state index in [9.17, 15) is 13.9 Å². The Balaban J connectivity index is 1.72. The summed E-state index contributed by atoms with van der Waals surface area (Å²) in [5.41, 5.74) is 2.55. The van der Waals surface area contributed by atoms with Gasteiger partial charge in [0.1, 0.15) is 11.6 Å². The van der Waals surface area contributed by atoms with Crippen LogP contribution in [0.1, 0.15) is 16.7 Å². The molecule has 0 unspecified atom stereocenters. The van der Waals surface area contributed by atoms with Gasteiger partial charge in [0.2, 0.25) is 0 Å². The van der Waals surface area contributed by atoms with E-state index >= 15 is 0 Å². The molecule has 0 radical (unpaired) electrons. The highest BCUT2D eigenvalue weighted by molar-refractivity contribution is 5.19. The van der Waals surface area contributed by atoms with Crippen LogP contribution in [0.25, 0.3) is 0 Å². The van der Waals surface area contributed by atoms with Gasteiger partial charge in [0.05, 0.1) is 6.10 Å². The van der Waals surface area contributed by atoms with Crippen molar-refractivity contribution in [1.29, 1.82) is 0 Å². The molecule has 2 nitrogen and oxygen atoms in total. The lowest BCUT2D eigenvalue weighted by Gasteiger charge is -2.25. The van der Waals surface area contributed by atoms with E-state index in [4.69, 9.17) is 0 Å². The van der Waals surface area contributed by atoms with Crippen LogP contribution in [0.5, 0.6) is 0 Å². The molecule has 1 N–H and O–H groups in total. The van der Waals surface area contributed by atoms with Crippen molar-refractivity contribution in [3.63, 3.8) is 0 Å². The van der Waals surface area contributed by atoms with Crippen LogP contribution < -0.4 is 0 Å². The minimum atomic E-state index is -0.584. The molecule has 0 fully saturated rings. The van der Waals surface area contributed by atoms with Gasteiger partial charge in [0, 0.05) is 25.2 Å². The molecule has 0 saturated carbocycles. The van der Waals surface area contributed by atoms with E-state index in [1.807, 2.05) is 35.2 Å². The van der Waals surface area contributed by atoms with Gasteiger partial charge in [0.15, 0.2) is 0 Å². The Hall–Kier alpha value is -2.56. The number of hydrogen-bond donors (Lipinski definition) is 1. The van der Waals surface area contributed by atoms with Gasteiger partial charge >= 0.3 is 0 Å². The average Bonchev–Trinajstić information content (AvgIpc) is 2.66. The molecule has 0 amide bonds. The van der Waals surface area contributed by atoms with Crippen LogP contribution in [-0.2, 0) is 19.5 Å². The van der Waals surface area contributed by atoms with Crippen molar-refractivity contribution in [2.45, 2.75) is 25.6 Å². The SMILES string of the molecule is O[C@H](Cc1ccccc1)CN(Cc1ccc(F)cc1)Cc1ccccc1F. The predicted octanol–water partition coefficient (Wildman–Crippen LogP) is 4.57. The second-order valence-electron chi connectivity index (χ2n) is 6.73. The lowest BCUT2D eigenvalue weighted by Crippen LogP contribution is -2.33. The maximum atomic E-state index is 14.1. The quantitative estimate of drug-likeness (QED) is 0.630. The molecule has 0 aliphatic rings. The maximum absolute atomic E-state index is 14.1. The zero-order chi connectivity index (χ0) is 19.1. The first kappa shape index (κ1) is 19.2. The predicted molar refractivity (Wildman–Crippen MR) is 103 cm³/mol. The monoisotopic (exact) mass is 367 g/mol. The Morgan fingerprint density at radius 1 is 0.741 bits per heavy atom. The van der Waals surface area contributed by atoms with Gasteiger partial charge in [-0.1, -0.05) is 60.7 Å². The fourth-order valence-corrected chi connectivity index (χ4v) is 3.15. The molecule has 3 aromatic carbocycles. The van der Waals surface area contributed by atoms with Crippen molar-refractivity contribution >= 4 is 0 Å². The van der Waals surface area contributed by atoms with Crippen molar-refractivity contribution in [2.75, 3.05) is 6.54 Å². The van der Waals surface area contributed by atoms with E-state index in [0.717, 1.165) is 11.1 Å². The number of benzene rings is 3. The van der Waals surface area contributed by atoms with E-state index in [0.29, 0.717) is 31.6 Å². The number of aliphatic hydroxyl groups excluding tert-OH is 1. The van der Waals surface area contributed by atoms with Gasteiger partial charge < -0.3 is 5.11 Å². The summed E-state index contributed by atoms with van der Waals surface area (Å²) >= 11 is 0. The van der Waals surface area contributed by atoms with Crippen LogP contribution in [0.15, 0.2) is 78.9 Å². The van der Waals surface area contributed by atoms with Crippen molar-refractivity contribution in [3.05, 3.63) is 107 Å². The van der Waals surface area contributed by atoms with E-state index in [1.165, 1.54) is 18.2 Å². The van der Waals surface area contributed by atoms with Crippen LogP contribution in [0.4, 0.5) is 8.78 Å². The molecule has 0 aliphatic heterocycles. The van der Waals surface area contributed by atoms with E-state index in [2.05, 4.69) is 0 Å². The highest BCUT2D eigenvalue weighted by Gasteiger charge is 2.15. The number of aliphatic hydroxyl groups is 1. The van der Waals surface area contributed by atoms with E-state index < -0.39 is 6.10 Å². The van der Waals surface area contributed by atoms with Crippen LogP contribution in [0, 0.1) is 11.6 Å². The molecule has 0 spiro atoms. The molecular weight excluding hydrogens is 344 g/mol. The third-order valence-corrected chi connectivity index (χ3v) is 4.45. The van der Waals surface area contributed by atoms with Crippen molar-refractivity contribution < 1.29 is 13.9 Å². The Morgan fingerprint density at radius 2 is 1.41 bits per heavy atom. The van der Waals surface area contributed by atoms with Gasteiger partial charge in [-0.25, -0.2) is 8.78 Å². The first-order valence-corrected chi connectivity index (χ1v) is 9.02. The van der Waals surface area contributed by atoms with Gasteiger partial charge in [-0.15, -0.1) is 0 Å². The van der Waals surface area contributed by atoms with Crippen LogP contribution in [0.3, 0.4) is 0 Å². The first-order valence-electron chi connectivity index (χ1n) is 9.02. The molecule has 3 rings (SSSR count). The molecule has 0 aliphatic carbocycles. The minimum absolute atomic E-state index is 0.265. The zero-order valence-electron chi connectivity index (χ0n) is 15.1. The Kier molecular flexibility index (Phi) is 6.69. The topological polar surface area (TPSA) is 23.5 Å². The van der Waals surface area contributed by atoms with Gasteiger partial charge in [-0.2, -0.15) is 0 Å². The molecule has 1 atom stereocenters. The summed E-state index contributed by atoms with van der Waals surface area (Å²) in [6.45, 7) is 1.26. The lowest BCUT2D eigenvalue weighted by atomic mass is 10.1. The van der Waals surface area contributed by atoms with Crippen molar-refractivity contribution in [3.8, 4) is 0 Å². The summed E-state index contributed by atoms with van der Waals surface area (Å²) < 4.78 is 27.3. The molecule has 0 aromatic heterocycles. The van der Waals surface area contributed by atoms with E-state index in [-0.39, 0.29) is 11.6 Å². The Labute approximate surface area is 158 Å². The molecule has 3 aromatic rings. The van der Waals surface area contributed by atoms with Crippen molar-refractivity contribution in [1.82, 2.24) is 4.90 Å². The van der Waals surface area contributed by atoms with Gasteiger partial charge in [0.25, 0.3) is 0 Å². The first-order chi connectivity index (χ1) is 13.1. The summed E-state index contributed by atoms with van der Waals surface area (Å²) in [6.07, 6.45) is -0.0579. The largest absolute Gasteiger partial charge is 0.391 e. The van der Waals surface area contributed by atoms with Gasteiger partial charge in [-0.05, 0) is 35.7 Å². The smallest absolute Gasteiger partial charge is 0.127 e. The van der Waals surface area contributed by atoms with Crippen molar-refractivity contribution in [2.24, 2.45) is 0 Å². The molecular formula is C23H23F2NO. The Morgan fingerprint density at radius 3 is 2.11 bits per heavy atom. The molecule has 0 bridgehead atoms. The summed E-state index contributed by atoms with van der Waals surface area (Å²) in [4.78, 5) is 1.99. The second-order valence-corrected chi connectivity index (χ2v) is 6.73. The van der Waals surface area contributed by atoms with Gasteiger partial charge in [-0.3, -0.25) is 4.90 Å². The highest BCUT2D eigenvalue weighted by atomic mass is 19.1. The third-order valence-electron chi connectivity index (χ3n) is 4.45. The number of halogens is 2. The maximum Gasteiger partial charge on any atom is 0.127 e. The standard InChI is InChI=1S/C23H23F2NO/c24-21-12-10-19(11-13-21)15-26(16-20-8-4-5-9-23(20)25)17-22(27)14-18-6-2-1-3-7-18/h1-13,22,27H,14-17H2/t22-/m1/s1. The van der Waals surface area contributed by atoms with E-state index in [1.54, 1.807) is 30.3 Å². The minimum Gasteiger partial charge on any atom is -0.391 e. The molecule has 0 saturated heterocycles. The lowest BCUT2D eigenvalue weighted by molar-refractivity contribution is 0.104. The fraction of sp³-hybridized carbons (Fsp3) is 0.217. The normalized spacial score (nSPS) is 12.3. The van der Waals surface area contributed by atoms with Crippen LogP contribution in [-0.4, -0.2) is 22.7 Å².